The molecule has 0 aromatic heterocycles. The topological polar surface area (TPSA) is 41.6 Å². The zero-order valence-corrected chi connectivity index (χ0v) is 12.3. The quantitative estimate of drug-likeness (QED) is 0.790. The summed E-state index contributed by atoms with van der Waals surface area (Å²) in [6.07, 6.45) is 0.777. The molecule has 0 saturated carbocycles. The van der Waals surface area contributed by atoms with E-state index in [0.29, 0.717) is 12.0 Å². The first kappa shape index (κ1) is 13.3. The highest BCUT2D eigenvalue weighted by Crippen LogP contribution is 2.40. The average molecular weight is 274 g/mol. The van der Waals surface area contributed by atoms with Gasteiger partial charge in [0.1, 0.15) is 5.60 Å². The molecule has 1 amide bonds. The Kier molecular flexibility index (Phi) is 3.11. The molecule has 1 N–H and O–H groups in total. The molecule has 20 heavy (non-hydrogen) atoms. The molecule has 1 aromatic rings. The van der Waals surface area contributed by atoms with Crippen molar-refractivity contribution in [3.63, 3.8) is 0 Å². The third kappa shape index (κ3) is 2.47. The van der Waals surface area contributed by atoms with Crippen LogP contribution >= 0.6 is 0 Å². The zero-order chi connectivity index (χ0) is 14.3. The Hall–Kier alpha value is -1.71. The summed E-state index contributed by atoms with van der Waals surface area (Å²) in [5, 5.41) is 3.57. The molecule has 108 valence electrons. The van der Waals surface area contributed by atoms with Gasteiger partial charge in [-0.1, -0.05) is 18.2 Å². The zero-order valence-electron chi connectivity index (χ0n) is 12.3. The van der Waals surface area contributed by atoms with E-state index in [-0.39, 0.29) is 6.09 Å². The number of fused-ring (bicyclic) bond motifs is 3. The van der Waals surface area contributed by atoms with Crippen molar-refractivity contribution in [3.05, 3.63) is 29.8 Å². The fourth-order valence-electron chi connectivity index (χ4n) is 3.08. The van der Waals surface area contributed by atoms with Gasteiger partial charge in [0.15, 0.2) is 0 Å². The molecule has 0 spiro atoms. The van der Waals surface area contributed by atoms with Gasteiger partial charge in [-0.15, -0.1) is 0 Å². The first-order chi connectivity index (χ1) is 9.44. The first-order valence-electron chi connectivity index (χ1n) is 7.27. The monoisotopic (exact) mass is 274 g/mol. The number of hydrogen-bond acceptors (Lipinski definition) is 3. The number of likely N-dealkylation sites (tertiary alicyclic amines) is 1. The first-order valence-corrected chi connectivity index (χ1v) is 7.27. The van der Waals surface area contributed by atoms with Crippen LogP contribution in [-0.2, 0) is 4.74 Å². The number of hydrogen-bond donors (Lipinski definition) is 1. The number of carbonyl (C=O) groups excluding carboxylic acids is 1. The van der Waals surface area contributed by atoms with Gasteiger partial charge in [-0.25, -0.2) is 4.79 Å². The summed E-state index contributed by atoms with van der Waals surface area (Å²) in [7, 11) is 0. The van der Waals surface area contributed by atoms with Crippen LogP contribution in [0.4, 0.5) is 10.5 Å². The molecule has 2 atom stereocenters. The van der Waals surface area contributed by atoms with E-state index in [1.807, 2.05) is 25.7 Å². The van der Waals surface area contributed by atoms with E-state index in [9.17, 15) is 4.79 Å². The molecule has 4 nitrogen and oxygen atoms in total. The smallest absolute Gasteiger partial charge is 0.410 e. The molecule has 2 heterocycles. The van der Waals surface area contributed by atoms with Crippen LogP contribution in [0.25, 0.3) is 0 Å². The maximum Gasteiger partial charge on any atom is 0.410 e. The highest BCUT2D eigenvalue weighted by atomic mass is 16.6. The van der Waals surface area contributed by atoms with Crippen molar-refractivity contribution in [3.8, 4) is 0 Å². The minimum atomic E-state index is -0.431. The standard InChI is InChI=1S/C16H22N2O2/c1-16(2,3)20-15(19)18-9-8-14-12(10-18)11-6-4-5-7-13(11)17-14/h4-7,12,14,17H,8-10H2,1-3H3. The average Bonchev–Trinajstić information content (AvgIpc) is 2.74. The minimum absolute atomic E-state index is 0.194. The van der Waals surface area contributed by atoms with Crippen LogP contribution in [-0.4, -0.2) is 35.7 Å². The van der Waals surface area contributed by atoms with Crippen LogP contribution in [0.15, 0.2) is 24.3 Å². The number of carbonyl (C=O) groups is 1. The van der Waals surface area contributed by atoms with E-state index < -0.39 is 5.60 Å². The largest absolute Gasteiger partial charge is 0.444 e. The second-order valence-electron chi connectivity index (χ2n) is 6.66. The number of nitrogens with zero attached hydrogens (tertiary/aromatic N) is 1. The summed E-state index contributed by atoms with van der Waals surface area (Å²) in [5.74, 6) is 0.382. The fourth-order valence-corrected chi connectivity index (χ4v) is 3.08. The molecule has 4 heteroatoms. The maximum atomic E-state index is 12.2. The number of piperidine rings is 1. The summed E-state index contributed by atoms with van der Waals surface area (Å²) in [5.41, 5.74) is 2.11. The van der Waals surface area contributed by atoms with Crippen molar-refractivity contribution in [2.24, 2.45) is 0 Å². The molecule has 1 fully saturated rings. The third-order valence-electron chi connectivity index (χ3n) is 3.97. The molecule has 0 bridgehead atoms. The summed E-state index contributed by atoms with van der Waals surface area (Å²) >= 11 is 0. The molecule has 2 aliphatic heterocycles. The molecule has 3 rings (SSSR count). The van der Waals surface area contributed by atoms with Gasteiger partial charge in [-0.2, -0.15) is 0 Å². The van der Waals surface area contributed by atoms with Crippen LogP contribution in [0, 0.1) is 0 Å². The van der Waals surface area contributed by atoms with Gasteiger partial charge < -0.3 is 15.0 Å². The lowest BCUT2D eigenvalue weighted by atomic mass is 9.89. The van der Waals surface area contributed by atoms with Gasteiger partial charge in [0.05, 0.1) is 0 Å². The van der Waals surface area contributed by atoms with Gasteiger partial charge in [-0.05, 0) is 38.8 Å². The normalized spacial score (nSPS) is 24.6. The van der Waals surface area contributed by atoms with Crippen molar-refractivity contribution in [1.29, 1.82) is 0 Å². The minimum Gasteiger partial charge on any atom is -0.444 e. The highest BCUT2D eigenvalue weighted by Gasteiger charge is 2.38. The lowest BCUT2D eigenvalue weighted by Gasteiger charge is -2.36. The van der Waals surface area contributed by atoms with Crippen LogP contribution in [0.5, 0.6) is 0 Å². The molecule has 1 saturated heterocycles. The Bertz CT molecular complexity index is 521. The molecule has 0 aliphatic carbocycles. The molecule has 1 aromatic carbocycles. The van der Waals surface area contributed by atoms with Crippen LogP contribution < -0.4 is 5.32 Å². The fraction of sp³-hybridized carbons (Fsp3) is 0.562. The van der Waals surface area contributed by atoms with Crippen molar-refractivity contribution >= 4 is 11.8 Å². The van der Waals surface area contributed by atoms with E-state index in [4.69, 9.17) is 4.74 Å². The highest BCUT2D eigenvalue weighted by molar-refractivity contribution is 5.69. The van der Waals surface area contributed by atoms with Crippen molar-refractivity contribution in [1.82, 2.24) is 4.90 Å². The van der Waals surface area contributed by atoms with Gasteiger partial charge >= 0.3 is 6.09 Å². The number of amides is 1. The summed E-state index contributed by atoms with van der Waals surface area (Å²) in [6, 6.07) is 8.84. The SMILES string of the molecule is CC(C)(C)OC(=O)N1CCC2Nc3ccccc3C2C1. The predicted molar refractivity (Wildman–Crippen MR) is 79.0 cm³/mol. The third-order valence-corrected chi connectivity index (χ3v) is 3.97. The van der Waals surface area contributed by atoms with E-state index in [0.717, 1.165) is 19.5 Å². The van der Waals surface area contributed by atoms with Crippen molar-refractivity contribution < 1.29 is 9.53 Å². The Labute approximate surface area is 120 Å². The Morgan fingerprint density at radius 1 is 1.35 bits per heavy atom. The second-order valence-corrected chi connectivity index (χ2v) is 6.66. The van der Waals surface area contributed by atoms with Crippen molar-refractivity contribution in [2.75, 3.05) is 18.4 Å². The molecule has 2 unspecified atom stereocenters. The second kappa shape index (κ2) is 4.69. The van der Waals surface area contributed by atoms with E-state index >= 15 is 0 Å². The van der Waals surface area contributed by atoms with Gasteiger partial charge in [0.2, 0.25) is 0 Å². The number of rotatable bonds is 0. The van der Waals surface area contributed by atoms with E-state index in [1.165, 1.54) is 11.3 Å². The maximum absolute atomic E-state index is 12.2. The number of ether oxygens (including phenoxy) is 1. The number of nitrogens with one attached hydrogen (secondary N) is 1. The van der Waals surface area contributed by atoms with Crippen molar-refractivity contribution in [2.45, 2.75) is 44.8 Å². The van der Waals surface area contributed by atoms with E-state index in [1.54, 1.807) is 0 Å². The molecular formula is C16H22N2O2. The lowest BCUT2D eigenvalue weighted by Crippen LogP contribution is -2.46. The van der Waals surface area contributed by atoms with Gasteiger partial charge in [0, 0.05) is 30.7 Å². The lowest BCUT2D eigenvalue weighted by molar-refractivity contribution is 0.0195. The number of benzene rings is 1. The Balaban J connectivity index is 1.73. The molecule has 2 aliphatic rings. The van der Waals surface area contributed by atoms with Crippen LogP contribution in [0.2, 0.25) is 0 Å². The Morgan fingerprint density at radius 2 is 2.10 bits per heavy atom. The summed E-state index contributed by atoms with van der Waals surface area (Å²) in [6.45, 7) is 7.22. The number of para-hydroxylation sites is 1. The molecule has 0 radical (unpaired) electrons. The van der Waals surface area contributed by atoms with Crippen LogP contribution in [0.3, 0.4) is 0 Å². The summed E-state index contributed by atoms with van der Waals surface area (Å²) in [4.78, 5) is 14.0. The summed E-state index contributed by atoms with van der Waals surface area (Å²) < 4.78 is 5.48. The molecular weight excluding hydrogens is 252 g/mol. The Morgan fingerprint density at radius 3 is 2.85 bits per heavy atom. The van der Waals surface area contributed by atoms with Gasteiger partial charge in [-0.3, -0.25) is 0 Å². The number of anilines is 1. The van der Waals surface area contributed by atoms with Gasteiger partial charge in [0.25, 0.3) is 0 Å². The van der Waals surface area contributed by atoms with E-state index in [2.05, 4.69) is 29.6 Å². The predicted octanol–water partition coefficient (Wildman–Crippen LogP) is 3.21. The van der Waals surface area contributed by atoms with Crippen LogP contribution in [0.1, 0.15) is 38.7 Å².